The van der Waals surface area contributed by atoms with Crippen LogP contribution in [0.3, 0.4) is 0 Å². The molecule has 0 aromatic rings. The number of likely N-dealkylation sites (N-methyl/N-ethyl adjacent to an activating group) is 1. The number of carboxylic acids is 1. The number of carboxylic acid groups (broad SMARTS) is 1. The van der Waals surface area contributed by atoms with Crippen LogP contribution in [0.2, 0.25) is 0 Å². The fourth-order valence-corrected chi connectivity index (χ4v) is 2.74. The molecule has 0 aliphatic heterocycles. The van der Waals surface area contributed by atoms with Crippen LogP contribution in [-0.2, 0) is 4.79 Å². The zero-order valence-electron chi connectivity index (χ0n) is 12.0. The van der Waals surface area contributed by atoms with Crippen molar-refractivity contribution < 1.29 is 9.90 Å². The molecule has 0 radical (unpaired) electrons. The second kappa shape index (κ2) is 7.74. The molecule has 0 amide bonds. The van der Waals surface area contributed by atoms with Crippen molar-refractivity contribution in [2.45, 2.75) is 70.5 Å². The molecule has 0 spiro atoms. The molecule has 4 nitrogen and oxygen atoms in total. The van der Waals surface area contributed by atoms with Gasteiger partial charge in [0.15, 0.2) is 0 Å². The Morgan fingerprint density at radius 1 is 1.28 bits per heavy atom. The molecule has 0 aromatic heterocycles. The molecule has 0 aromatic carbocycles. The number of nitrogens with zero attached hydrogens (tertiary/aromatic N) is 1. The molecule has 0 heterocycles. The van der Waals surface area contributed by atoms with E-state index in [1.54, 1.807) is 0 Å². The molecule has 1 aliphatic rings. The van der Waals surface area contributed by atoms with E-state index >= 15 is 0 Å². The van der Waals surface area contributed by atoms with E-state index in [4.69, 9.17) is 0 Å². The normalized spacial score (nSPS) is 20.1. The van der Waals surface area contributed by atoms with E-state index < -0.39 is 12.0 Å². The number of hydrogen-bond donors (Lipinski definition) is 2. The predicted octanol–water partition coefficient (Wildman–Crippen LogP) is 2.09. The Morgan fingerprint density at radius 2 is 1.83 bits per heavy atom. The van der Waals surface area contributed by atoms with Gasteiger partial charge < -0.3 is 15.3 Å². The summed E-state index contributed by atoms with van der Waals surface area (Å²) in [6.07, 6.45) is 7.65. The smallest absolute Gasteiger partial charge is 0.322 e. The number of aliphatic carboxylic acids is 1. The van der Waals surface area contributed by atoms with E-state index in [1.807, 2.05) is 13.8 Å². The Morgan fingerprint density at radius 3 is 2.28 bits per heavy atom. The molecule has 1 rings (SSSR count). The van der Waals surface area contributed by atoms with Crippen molar-refractivity contribution in [1.29, 1.82) is 0 Å². The van der Waals surface area contributed by atoms with Crippen LogP contribution in [0.5, 0.6) is 0 Å². The van der Waals surface area contributed by atoms with Gasteiger partial charge in [0.1, 0.15) is 6.04 Å². The summed E-state index contributed by atoms with van der Waals surface area (Å²) in [7, 11) is 2.06. The summed E-state index contributed by atoms with van der Waals surface area (Å²) in [4.78, 5) is 13.5. The molecule has 2 N–H and O–H groups in total. The van der Waals surface area contributed by atoms with Crippen molar-refractivity contribution >= 4 is 5.97 Å². The first-order chi connectivity index (χ1) is 8.50. The summed E-state index contributed by atoms with van der Waals surface area (Å²) in [6.45, 7) is 4.57. The third kappa shape index (κ3) is 5.36. The van der Waals surface area contributed by atoms with E-state index in [9.17, 15) is 9.90 Å². The van der Waals surface area contributed by atoms with Crippen LogP contribution in [0.4, 0.5) is 0 Å². The first-order valence-electron chi connectivity index (χ1n) is 7.19. The van der Waals surface area contributed by atoms with Crippen molar-refractivity contribution in [3.05, 3.63) is 0 Å². The Labute approximate surface area is 111 Å². The Hall–Kier alpha value is -0.610. The highest BCUT2D eigenvalue weighted by molar-refractivity contribution is 5.73. The monoisotopic (exact) mass is 256 g/mol. The predicted molar refractivity (Wildman–Crippen MR) is 73.8 cm³/mol. The number of carbonyl (C=O) groups is 1. The fraction of sp³-hybridized carbons (Fsp3) is 0.929. The van der Waals surface area contributed by atoms with Gasteiger partial charge in [0.2, 0.25) is 0 Å². The van der Waals surface area contributed by atoms with Gasteiger partial charge in [0.05, 0.1) is 0 Å². The van der Waals surface area contributed by atoms with Crippen LogP contribution in [0.25, 0.3) is 0 Å². The second-order valence-corrected chi connectivity index (χ2v) is 5.80. The molecule has 0 bridgehead atoms. The zero-order chi connectivity index (χ0) is 13.5. The summed E-state index contributed by atoms with van der Waals surface area (Å²) in [6, 6.07) is 0.301. The fourth-order valence-electron chi connectivity index (χ4n) is 2.74. The third-order valence-corrected chi connectivity index (χ3v) is 3.75. The molecule has 1 unspecified atom stereocenters. The van der Waals surface area contributed by atoms with Gasteiger partial charge in [-0.05, 0) is 19.9 Å². The maximum Gasteiger partial charge on any atom is 0.322 e. The van der Waals surface area contributed by atoms with Crippen LogP contribution in [0.1, 0.15) is 52.4 Å². The van der Waals surface area contributed by atoms with Gasteiger partial charge in [-0.2, -0.15) is 0 Å². The second-order valence-electron chi connectivity index (χ2n) is 5.80. The van der Waals surface area contributed by atoms with Crippen LogP contribution in [0, 0.1) is 0 Å². The third-order valence-electron chi connectivity index (χ3n) is 3.75. The molecule has 1 saturated carbocycles. The van der Waals surface area contributed by atoms with E-state index in [-0.39, 0.29) is 6.04 Å². The average molecular weight is 256 g/mol. The Balaban J connectivity index is 2.48. The molecule has 4 heteroatoms. The minimum Gasteiger partial charge on any atom is -0.480 e. The van der Waals surface area contributed by atoms with Crippen molar-refractivity contribution in [2.75, 3.05) is 13.6 Å². The molecule has 18 heavy (non-hydrogen) atoms. The van der Waals surface area contributed by atoms with Crippen LogP contribution >= 0.6 is 0 Å². The first kappa shape index (κ1) is 15.4. The molecule has 0 saturated heterocycles. The van der Waals surface area contributed by atoms with E-state index in [0.29, 0.717) is 12.6 Å². The van der Waals surface area contributed by atoms with Crippen LogP contribution < -0.4 is 5.32 Å². The summed E-state index contributed by atoms with van der Waals surface area (Å²) in [5.41, 5.74) is 0. The summed E-state index contributed by atoms with van der Waals surface area (Å²) in [5, 5.41) is 12.4. The maximum absolute atomic E-state index is 11.2. The highest BCUT2D eigenvalue weighted by atomic mass is 16.4. The minimum absolute atomic E-state index is 0.202. The highest BCUT2D eigenvalue weighted by Gasteiger charge is 2.24. The quantitative estimate of drug-likeness (QED) is 0.715. The van der Waals surface area contributed by atoms with Gasteiger partial charge in [-0.25, -0.2) is 0 Å². The van der Waals surface area contributed by atoms with Gasteiger partial charge in [0, 0.05) is 18.6 Å². The highest BCUT2D eigenvalue weighted by Crippen LogP contribution is 2.21. The standard InChI is InChI=1S/C14H28N2O2/c1-11(2)15-13(14(17)18)10-16(3)12-8-6-4-5-7-9-12/h11-13,15H,4-10H2,1-3H3,(H,17,18). The van der Waals surface area contributed by atoms with Gasteiger partial charge in [-0.15, -0.1) is 0 Å². The SMILES string of the molecule is CC(C)NC(CN(C)C1CCCCCC1)C(=O)O. The lowest BCUT2D eigenvalue weighted by Crippen LogP contribution is -2.49. The Kier molecular flexibility index (Phi) is 6.65. The lowest BCUT2D eigenvalue weighted by Gasteiger charge is -2.30. The van der Waals surface area contributed by atoms with E-state index in [0.717, 1.165) is 0 Å². The van der Waals surface area contributed by atoms with Crippen LogP contribution in [0.15, 0.2) is 0 Å². The Bertz CT molecular complexity index is 248. The van der Waals surface area contributed by atoms with Crippen molar-refractivity contribution in [3.63, 3.8) is 0 Å². The molecule has 1 atom stereocenters. The summed E-state index contributed by atoms with van der Waals surface area (Å²) >= 11 is 0. The number of nitrogens with one attached hydrogen (secondary N) is 1. The van der Waals surface area contributed by atoms with Crippen LogP contribution in [-0.4, -0.2) is 47.7 Å². The van der Waals surface area contributed by atoms with Gasteiger partial charge in [0.25, 0.3) is 0 Å². The summed E-state index contributed by atoms with van der Waals surface area (Å²) < 4.78 is 0. The average Bonchev–Trinajstić information content (AvgIpc) is 2.55. The van der Waals surface area contributed by atoms with Crippen molar-refractivity contribution in [1.82, 2.24) is 10.2 Å². The largest absolute Gasteiger partial charge is 0.480 e. The van der Waals surface area contributed by atoms with E-state index in [2.05, 4.69) is 17.3 Å². The minimum atomic E-state index is -0.746. The molecule has 106 valence electrons. The lowest BCUT2D eigenvalue weighted by molar-refractivity contribution is -0.140. The number of hydrogen-bond acceptors (Lipinski definition) is 3. The number of rotatable bonds is 6. The lowest BCUT2D eigenvalue weighted by atomic mass is 10.1. The van der Waals surface area contributed by atoms with E-state index in [1.165, 1.54) is 38.5 Å². The van der Waals surface area contributed by atoms with Crippen molar-refractivity contribution in [3.8, 4) is 0 Å². The first-order valence-corrected chi connectivity index (χ1v) is 7.19. The zero-order valence-corrected chi connectivity index (χ0v) is 12.0. The van der Waals surface area contributed by atoms with Crippen molar-refractivity contribution in [2.24, 2.45) is 0 Å². The van der Waals surface area contributed by atoms with Gasteiger partial charge in [-0.1, -0.05) is 39.5 Å². The van der Waals surface area contributed by atoms with Gasteiger partial charge >= 0.3 is 5.97 Å². The maximum atomic E-state index is 11.2. The summed E-state index contributed by atoms with van der Waals surface area (Å²) in [5.74, 6) is -0.746. The molecule has 1 fully saturated rings. The topological polar surface area (TPSA) is 52.6 Å². The molecule has 1 aliphatic carbocycles. The molecular weight excluding hydrogens is 228 g/mol. The molecular formula is C14H28N2O2. The van der Waals surface area contributed by atoms with Gasteiger partial charge in [-0.3, -0.25) is 4.79 Å².